The van der Waals surface area contributed by atoms with Crippen molar-refractivity contribution < 1.29 is 20.1 Å². The summed E-state index contributed by atoms with van der Waals surface area (Å²) in [5.74, 6) is 0. The molecule has 0 amide bonds. The van der Waals surface area contributed by atoms with Crippen LogP contribution >= 0.6 is 0 Å². The number of rotatable bonds is 4. The van der Waals surface area contributed by atoms with E-state index in [0.717, 1.165) is 0 Å². The number of benzene rings is 4. The first-order chi connectivity index (χ1) is 15.9. The summed E-state index contributed by atoms with van der Waals surface area (Å²) in [4.78, 5) is 0. The van der Waals surface area contributed by atoms with Gasteiger partial charge in [0.25, 0.3) is 0 Å². The van der Waals surface area contributed by atoms with Gasteiger partial charge in [-0.05, 0) is 0 Å². The summed E-state index contributed by atoms with van der Waals surface area (Å²) in [5.41, 5.74) is 5.17. The Hall–Kier alpha value is -2.55. The first-order valence-electron chi connectivity index (χ1n) is 11.6. The summed E-state index contributed by atoms with van der Waals surface area (Å²) in [6.45, 7) is 0. The molecule has 0 aliphatic heterocycles. The van der Waals surface area contributed by atoms with E-state index in [4.69, 9.17) is 0 Å². The topological polar surface area (TPSA) is 0 Å². The molecule has 4 aromatic rings. The summed E-state index contributed by atoms with van der Waals surface area (Å²) in [6.07, 6.45) is 9.95. The second-order valence-electron chi connectivity index (χ2n) is 9.04. The van der Waals surface area contributed by atoms with E-state index >= 15 is 0 Å². The van der Waals surface area contributed by atoms with Crippen molar-refractivity contribution in [3.8, 4) is 0 Å². The van der Waals surface area contributed by atoms with Gasteiger partial charge in [-0.2, -0.15) is 0 Å². The molecule has 0 N–H and O–H groups in total. The molecule has 0 radical (unpaired) electrons. The van der Waals surface area contributed by atoms with Gasteiger partial charge >= 0.3 is 199 Å². The van der Waals surface area contributed by atoms with Crippen molar-refractivity contribution in [3.63, 3.8) is 0 Å². The fourth-order valence-corrected chi connectivity index (χ4v) is 51.1. The summed E-state index contributed by atoms with van der Waals surface area (Å²) in [7, 11) is 0. The van der Waals surface area contributed by atoms with E-state index in [9.17, 15) is 0 Å². The number of hydrogen-bond donors (Lipinski definition) is 0. The molecule has 0 spiro atoms. The Morgan fingerprint density at radius 3 is 1.34 bits per heavy atom. The van der Waals surface area contributed by atoms with Crippen molar-refractivity contribution in [3.05, 3.63) is 144 Å². The molecule has 0 heterocycles. The minimum absolute atomic E-state index is 0.635. The van der Waals surface area contributed by atoms with E-state index < -0.39 is 25.6 Å². The molecular formula is C30H26HfSi. The van der Waals surface area contributed by atoms with Crippen LogP contribution in [0.1, 0.15) is 29.6 Å². The van der Waals surface area contributed by atoms with Crippen LogP contribution in [0.5, 0.6) is 0 Å². The van der Waals surface area contributed by atoms with Crippen LogP contribution in [0.3, 0.4) is 0 Å². The van der Waals surface area contributed by atoms with Gasteiger partial charge in [0.15, 0.2) is 0 Å². The number of fused-ring (bicyclic) bond motifs is 2. The zero-order valence-electron chi connectivity index (χ0n) is 18.1. The van der Waals surface area contributed by atoms with Crippen molar-refractivity contribution in [2.75, 3.05) is 0 Å². The number of allylic oxidation sites excluding steroid dienone is 2. The van der Waals surface area contributed by atoms with Gasteiger partial charge in [0.1, 0.15) is 0 Å². The van der Waals surface area contributed by atoms with Crippen molar-refractivity contribution in [2.45, 2.75) is 7.35 Å². The van der Waals surface area contributed by atoms with Crippen LogP contribution in [0, 0.1) is 0 Å². The van der Waals surface area contributed by atoms with Crippen molar-refractivity contribution in [2.24, 2.45) is 0 Å². The molecule has 2 atom stereocenters. The molecule has 32 heavy (non-hydrogen) atoms. The Morgan fingerprint density at radius 1 is 0.469 bits per heavy atom. The summed E-state index contributed by atoms with van der Waals surface area (Å²) < 4.78 is 1.27. The molecule has 4 aromatic carbocycles. The van der Waals surface area contributed by atoms with E-state index in [1.807, 2.05) is 0 Å². The maximum atomic E-state index is 2.58. The second-order valence-corrected chi connectivity index (χ2v) is 36.4. The molecule has 0 aromatic heterocycles. The van der Waals surface area contributed by atoms with E-state index in [1.54, 1.807) is 21.5 Å². The van der Waals surface area contributed by atoms with Gasteiger partial charge in [-0.15, -0.1) is 0 Å². The average Bonchev–Trinajstić information content (AvgIpc) is 3.48. The third kappa shape index (κ3) is 3.56. The fraction of sp³-hybridized carbons (Fsp3) is 0.0667. The molecule has 0 fully saturated rings. The quantitative estimate of drug-likeness (QED) is 0.278. The molecule has 0 saturated carbocycles. The summed E-state index contributed by atoms with van der Waals surface area (Å²) in [5, 5.41) is 3.19. The number of hydrogen-bond acceptors (Lipinski definition) is 0. The van der Waals surface area contributed by atoms with Gasteiger partial charge in [-0.25, -0.2) is 0 Å². The third-order valence-corrected chi connectivity index (χ3v) is 47.0. The normalized spacial score (nSPS) is 18.0. The van der Waals surface area contributed by atoms with Crippen LogP contribution in [-0.4, -0.2) is 5.49 Å². The van der Waals surface area contributed by atoms with Crippen molar-refractivity contribution in [1.82, 2.24) is 0 Å². The first-order valence-corrected chi connectivity index (χ1v) is 26.8. The average molecular weight is 593 g/mol. The predicted octanol–water partition coefficient (Wildman–Crippen LogP) is 5.41. The van der Waals surface area contributed by atoms with Gasteiger partial charge < -0.3 is 0 Å². The van der Waals surface area contributed by atoms with Crippen LogP contribution in [0.2, 0.25) is 0 Å². The Balaban J connectivity index is 1.67. The van der Waals surface area contributed by atoms with Crippen LogP contribution < -0.4 is 10.4 Å². The zero-order chi connectivity index (χ0) is 21.3. The van der Waals surface area contributed by atoms with Crippen LogP contribution in [0.4, 0.5) is 0 Å². The summed E-state index contributed by atoms with van der Waals surface area (Å²) in [6, 6.07) is 41.2. The molecule has 2 heteroatoms. The van der Waals surface area contributed by atoms with Crippen LogP contribution in [0.15, 0.2) is 121 Å². The van der Waals surface area contributed by atoms with Gasteiger partial charge in [-0.1, -0.05) is 0 Å². The molecule has 0 nitrogen and oxygen atoms in total. The Bertz CT molecular complexity index is 1260. The van der Waals surface area contributed by atoms with Gasteiger partial charge in [0.2, 0.25) is 0 Å². The first kappa shape index (κ1) is 20.1. The van der Waals surface area contributed by atoms with Crippen molar-refractivity contribution in [1.29, 1.82) is 0 Å². The maximum absolute atomic E-state index is 2.74. The molecule has 2 unspecified atom stereocenters. The monoisotopic (exact) mass is 594 g/mol. The van der Waals surface area contributed by atoms with E-state index in [0.29, 0.717) is 7.35 Å². The molecule has 2 aliphatic carbocycles. The van der Waals surface area contributed by atoms with Gasteiger partial charge in [0.05, 0.1) is 0 Å². The minimum atomic E-state index is -2.74. The fourth-order valence-electron chi connectivity index (χ4n) is 6.04. The molecule has 154 valence electrons. The Morgan fingerprint density at radius 2 is 0.875 bits per heavy atom. The third-order valence-electron chi connectivity index (χ3n) is 7.41. The SMILES string of the molecule is C1=C[CH]([HfH2]([CH]2C=Cc3ccccc32)=[Si](c2ccccc2)c2ccccc2)c2ccccc21. The molecule has 2 aliphatic rings. The standard InChI is InChI=1S/C12H10Si.2C9H7.Hf.2H/c1-3-7-11(8-4-1)13-12-9-5-2-6-10-12;2*1-2-5-9-7-3-6-8(9)4-1;;;/h1-10H;2*1-7H;;;. The Labute approximate surface area is 198 Å². The molecule has 6 rings (SSSR count). The Kier molecular flexibility index (Phi) is 5.50. The van der Waals surface area contributed by atoms with Crippen LogP contribution in [-0.2, 0) is 20.1 Å². The predicted molar refractivity (Wildman–Crippen MR) is 137 cm³/mol. The van der Waals surface area contributed by atoms with Crippen LogP contribution in [0.25, 0.3) is 12.2 Å². The van der Waals surface area contributed by atoms with Gasteiger partial charge in [0, 0.05) is 0 Å². The van der Waals surface area contributed by atoms with Gasteiger partial charge in [-0.3, -0.25) is 0 Å². The zero-order valence-corrected chi connectivity index (χ0v) is 24.1. The second kappa shape index (κ2) is 8.76. The summed E-state index contributed by atoms with van der Waals surface area (Å²) >= 11 is -2.74. The van der Waals surface area contributed by atoms with E-state index in [-0.39, 0.29) is 0 Å². The van der Waals surface area contributed by atoms with Crippen molar-refractivity contribution >= 4 is 28.0 Å². The molecule has 0 bridgehead atoms. The molecule has 0 saturated heterocycles. The van der Waals surface area contributed by atoms with E-state index in [2.05, 4.69) is 133 Å². The molecular weight excluding hydrogens is 567 g/mol. The van der Waals surface area contributed by atoms with E-state index in [1.165, 1.54) is 11.1 Å².